The summed E-state index contributed by atoms with van der Waals surface area (Å²) >= 11 is 0. The van der Waals surface area contributed by atoms with Crippen molar-refractivity contribution in [1.82, 2.24) is 0 Å². The fourth-order valence-electron chi connectivity index (χ4n) is 1.80. The second kappa shape index (κ2) is 4.83. The molecular formula is C15H14O2. The minimum absolute atomic E-state index is 0.160. The van der Waals surface area contributed by atoms with Gasteiger partial charge >= 0.3 is 0 Å². The predicted molar refractivity (Wildman–Crippen MR) is 67.9 cm³/mol. The van der Waals surface area contributed by atoms with Gasteiger partial charge in [0.25, 0.3) is 0 Å². The Hall–Kier alpha value is -2.09. The maximum atomic E-state index is 11.1. The summed E-state index contributed by atoms with van der Waals surface area (Å²) in [6.07, 6.45) is 0.464. The number of hydrogen-bond donors (Lipinski definition) is 1. The Morgan fingerprint density at radius 1 is 1.06 bits per heavy atom. The normalized spacial score (nSPS) is 10.2. The van der Waals surface area contributed by atoms with E-state index < -0.39 is 0 Å². The van der Waals surface area contributed by atoms with Crippen molar-refractivity contribution in [2.24, 2.45) is 0 Å². The van der Waals surface area contributed by atoms with Crippen molar-refractivity contribution in [2.45, 2.75) is 13.3 Å². The number of ketones is 1. The summed E-state index contributed by atoms with van der Waals surface area (Å²) in [5.74, 6) is 0.418. The molecule has 0 bridgehead atoms. The number of rotatable bonds is 3. The maximum Gasteiger partial charge on any atom is 0.134 e. The first-order valence-electron chi connectivity index (χ1n) is 5.53. The van der Waals surface area contributed by atoms with E-state index in [1.165, 1.54) is 0 Å². The van der Waals surface area contributed by atoms with E-state index in [0.717, 1.165) is 16.7 Å². The van der Waals surface area contributed by atoms with E-state index in [-0.39, 0.29) is 11.5 Å². The van der Waals surface area contributed by atoms with Crippen LogP contribution in [0.4, 0.5) is 0 Å². The zero-order valence-electron chi connectivity index (χ0n) is 9.68. The van der Waals surface area contributed by atoms with Gasteiger partial charge in [0, 0.05) is 6.42 Å². The summed E-state index contributed by atoms with van der Waals surface area (Å²) in [5, 5.41) is 9.23. The molecule has 2 rings (SSSR count). The molecule has 0 saturated heterocycles. The summed E-state index contributed by atoms with van der Waals surface area (Å²) in [6.45, 7) is 1.59. The second-order valence-corrected chi connectivity index (χ2v) is 4.13. The molecule has 0 aliphatic rings. The summed E-state index contributed by atoms with van der Waals surface area (Å²) in [6, 6.07) is 14.9. The van der Waals surface area contributed by atoms with Gasteiger partial charge in [-0.2, -0.15) is 0 Å². The molecule has 0 unspecified atom stereocenters. The molecule has 2 aromatic carbocycles. The number of carbonyl (C=O) groups excluding carboxylic acids is 1. The first-order chi connectivity index (χ1) is 8.15. The molecule has 0 saturated carbocycles. The summed E-state index contributed by atoms with van der Waals surface area (Å²) < 4.78 is 0. The highest BCUT2D eigenvalue weighted by Crippen LogP contribution is 2.22. The third-order valence-corrected chi connectivity index (χ3v) is 2.58. The second-order valence-electron chi connectivity index (χ2n) is 4.13. The van der Waals surface area contributed by atoms with Gasteiger partial charge in [0.2, 0.25) is 0 Å². The molecule has 0 aliphatic carbocycles. The molecule has 0 atom stereocenters. The Morgan fingerprint density at radius 3 is 2.41 bits per heavy atom. The van der Waals surface area contributed by atoms with Crippen LogP contribution >= 0.6 is 0 Å². The van der Waals surface area contributed by atoms with Gasteiger partial charge in [0.1, 0.15) is 11.5 Å². The van der Waals surface area contributed by atoms with E-state index in [2.05, 4.69) is 0 Å². The number of phenolic OH excluding ortho intramolecular Hbond substituents is 1. The van der Waals surface area contributed by atoms with Crippen LogP contribution in [0, 0.1) is 0 Å². The quantitative estimate of drug-likeness (QED) is 0.872. The summed E-state index contributed by atoms with van der Waals surface area (Å²) in [7, 11) is 0. The van der Waals surface area contributed by atoms with E-state index in [1.807, 2.05) is 36.4 Å². The number of phenols is 1. The zero-order chi connectivity index (χ0) is 12.3. The van der Waals surface area contributed by atoms with Crippen molar-refractivity contribution in [1.29, 1.82) is 0 Å². The van der Waals surface area contributed by atoms with Crippen molar-refractivity contribution in [2.75, 3.05) is 0 Å². The minimum atomic E-state index is 0.160. The lowest BCUT2D eigenvalue weighted by Crippen LogP contribution is -1.95. The Labute approximate surface area is 101 Å². The molecule has 0 spiro atoms. The molecule has 17 heavy (non-hydrogen) atoms. The fraction of sp³-hybridized carbons (Fsp3) is 0.133. The van der Waals surface area contributed by atoms with Gasteiger partial charge < -0.3 is 5.11 Å². The van der Waals surface area contributed by atoms with E-state index in [9.17, 15) is 9.90 Å². The smallest absolute Gasteiger partial charge is 0.134 e. The van der Waals surface area contributed by atoms with Gasteiger partial charge in [-0.15, -0.1) is 0 Å². The van der Waals surface area contributed by atoms with Crippen LogP contribution in [-0.2, 0) is 11.2 Å². The molecule has 1 N–H and O–H groups in total. The number of aromatic hydroxyl groups is 1. The van der Waals surface area contributed by atoms with E-state index in [4.69, 9.17) is 0 Å². The molecular weight excluding hydrogens is 212 g/mol. The largest absolute Gasteiger partial charge is 0.508 e. The van der Waals surface area contributed by atoms with Crippen LogP contribution < -0.4 is 0 Å². The van der Waals surface area contributed by atoms with Gasteiger partial charge in [-0.25, -0.2) is 0 Å². The van der Waals surface area contributed by atoms with Crippen LogP contribution in [0.15, 0.2) is 48.5 Å². The number of hydrogen-bond acceptors (Lipinski definition) is 2. The van der Waals surface area contributed by atoms with Crippen LogP contribution in [-0.4, -0.2) is 10.9 Å². The monoisotopic (exact) mass is 226 g/mol. The molecule has 0 aliphatic heterocycles. The highest BCUT2D eigenvalue weighted by Gasteiger charge is 2.01. The van der Waals surface area contributed by atoms with Crippen LogP contribution in [0.25, 0.3) is 11.1 Å². The average Bonchev–Trinajstić information content (AvgIpc) is 2.29. The highest BCUT2D eigenvalue weighted by molar-refractivity contribution is 5.79. The van der Waals surface area contributed by atoms with E-state index >= 15 is 0 Å². The van der Waals surface area contributed by atoms with Crippen molar-refractivity contribution >= 4 is 5.78 Å². The molecule has 0 amide bonds. The topological polar surface area (TPSA) is 37.3 Å². The predicted octanol–water partition coefficient (Wildman–Crippen LogP) is 3.19. The lowest BCUT2D eigenvalue weighted by Gasteiger charge is -2.04. The first-order valence-corrected chi connectivity index (χ1v) is 5.53. The molecule has 0 heterocycles. The van der Waals surface area contributed by atoms with Crippen LogP contribution in [0.1, 0.15) is 12.5 Å². The van der Waals surface area contributed by atoms with Crippen LogP contribution in [0.5, 0.6) is 5.75 Å². The lowest BCUT2D eigenvalue weighted by atomic mass is 10.0. The fourth-order valence-corrected chi connectivity index (χ4v) is 1.80. The Balaban J connectivity index is 2.32. The van der Waals surface area contributed by atoms with Crippen molar-refractivity contribution in [3.63, 3.8) is 0 Å². The Kier molecular flexibility index (Phi) is 3.24. The van der Waals surface area contributed by atoms with Crippen molar-refractivity contribution in [3.8, 4) is 16.9 Å². The van der Waals surface area contributed by atoms with Crippen LogP contribution in [0.3, 0.4) is 0 Å². The zero-order valence-corrected chi connectivity index (χ0v) is 9.68. The third kappa shape index (κ3) is 2.94. The molecule has 2 nitrogen and oxygen atoms in total. The van der Waals surface area contributed by atoms with E-state index in [1.54, 1.807) is 19.1 Å². The van der Waals surface area contributed by atoms with Gasteiger partial charge in [-0.1, -0.05) is 36.4 Å². The van der Waals surface area contributed by atoms with Gasteiger partial charge in [0.05, 0.1) is 0 Å². The number of Topliss-reactive ketones (excluding diaryl/α,β-unsaturated/α-hetero) is 1. The molecule has 0 radical (unpaired) electrons. The van der Waals surface area contributed by atoms with Gasteiger partial charge in [-0.3, -0.25) is 4.79 Å². The average molecular weight is 226 g/mol. The molecule has 86 valence electrons. The highest BCUT2D eigenvalue weighted by atomic mass is 16.3. The summed E-state index contributed by atoms with van der Waals surface area (Å²) in [5.41, 5.74) is 3.11. The maximum absolute atomic E-state index is 11.1. The Morgan fingerprint density at radius 2 is 1.76 bits per heavy atom. The van der Waals surface area contributed by atoms with E-state index in [0.29, 0.717) is 6.42 Å². The Bertz CT molecular complexity index is 527. The molecule has 0 fully saturated rings. The minimum Gasteiger partial charge on any atom is -0.508 e. The van der Waals surface area contributed by atoms with Crippen LogP contribution in [0.2, 0.25) is 0 Å². The molecule has 2 heteroatoms. The van der Waals surface area contributed by atoms with Gasteiger partial charge in [-0.05, 0) is 35.7 Å². The van der Waals surface area contributed by atoms with Gasteiger partial charge in [0.15, 0.2) is 0 Å². The SMILES string of the molecule is CC(=O)Cc1cccc(-c2ccc(O)cc2)c1. The first kappa shape index (κ1) is 11.4. The summed E-state index contributed by atoms with van der Waals surface area (Å²) in [4.78, 5) is 11.1. The lowest BCUT2D eigenvalue weighted by molar-refractivity contribution is -0.116. The van der Waals surface area contributed by atoms with Crippen molar-refractivity contribution in [3.05, 3.63) is 54.1 Å². The standard InChI is InChI=1S/C15H14O2/c1-11(16)9-12-3-2-4-14(10-12)13-5-7-15(17)8-6-13/h2-8,10,17H,9H2,1H3. The van der Waals surface area contributed by atoms with Crippen molar-refractivity contribution < 1.29 is 9.90 Å². The molecule has 2 aromatic rings. The number of benzene rings is 2. The third-order valence-electron chi connectivity index (χ3n) is 2.58. The number of carbonyl (C=O) groups is 1. The molecule has 0 aromatic heterocycles.